The molecule has 1 aliphatic rings. The summed E-state index contributed by atoms with van der Waals surface area (Å²) in [4.78, 5) is 11.8. The molecule has 6 heteroatoms. The van der Waals surface area contributed by atoms with Gasteiger partial charge in [0.2, 0.25) is 0 Å². The molecule has 1 atom stereocenters. The summed E-state index contributed by atoms with van der Waals surface area (Å²) < 4.78 is 15.6. The maximum Gasteiger partial charge on any atom is 0.319 e. The molecule has 0 radical (unpaired) electrons. The van der Waals surface area contributed by atoms with Gasteiger partial charge in [-0.2, -0.15) is 0 Å². The first-order valence-electron chi connectivity index (χ1n) is 6.57. The summed E-state index contributed by atoms with van der Waals surface area (Å²) in [7, 11) is 3.13. The van der Waals surface area contributed by atoms with Gasteiger partial charge < -0.3 is 24.8 Å². The first-order chi connectivity index (χ1) is 9.72. The van der Waals surface area contributed by atoms with E-state index in [4.69, 9.17) is 14.2 Å². The van der Waals surface area contributed by atoms with Crippen LogP contribution in [0, 0.1) is 5.92 Å². The second kappa shape index (κ2) is 7.00. The van der Waals surface area contributed by atoms with Crippen LogP contribution < -0.4 is 20.1 Å². The minimum Gasteiger partial charge on any atom is -0.493 e. The topological polar surface area (TPSA) is 68.8 Å². The fraction of sp³-hybridized carbons (Fsp3) is 0.500. The molecule has 1 saturated heterocycles. The fourth-order valence-corrected chi connectivity index (χ4v) is 2.07. The first-order valence-corrected chi connectivity index (χ1v) is 6.57. The third-order valence-electron chi connectivity index (χ3n) is 3.22. The number of benzene rings is 1. The highest BCUT2D eigenvalue weighted by Crippen LogP contribution is 2.29. The molecule has 0 bridgehead atoms. The van der Waals surface area contributed by atoms with E-state index in [1.165, 1.54) is 0 Å². The van der Waals surface area contributed by atoms with Gasteiger partial charge in [-0.3, -0.25) is 0 Å². The van der Waals surface area contributed by atoms with Crippen LogP contribution in [0.2, 0.25) is 0 Å². The molecule has 1 fully saturated rings. The van der Waals surface area contributed by atoms with Gasteiger partial charge in [0.1, 0.15) is 0 Å². The van der Waals surface area contributed by atoms with Crippen LogP contribution >= 0.6 is 0 Å². The van der Waals surface area contributed by atoms with E-state index in [0.717, 1.165) is 19.6 Å². The van der Waals surface area contributed by atoms with Crippen molar-refractivity contribution in [1.29, 1.82) is 0 Å². The second-order valence-electron chi connectivity index (χ2n) is 4.63. The predicted molar refractivity (Wildman–Crippen MR) is 75.5 cm³/mol. The highest BCUT2D eigenvalue weighted by molar-refractivity contribution is 5.89. The van der Waals surface area contributed by atoms with Crippen LogP contribution in [0.15, 0.2) is 18.2 Å². The number of urea groups is 1. The number of carbonyl (C=O) groups excluding carboxylic acids is 1. The summed E-state index contributed by atoms with van der Waals surface area (Å²) in [5.41, 5.74) is 0.655. The smallest absolute Gasteiger partial charge is 0.319 e. The zero-order valence-electron chi connectivity index (χ0n) is 11.8. The molecule has 0 spiro atoms. The van der Waals surface area contributed by atoms with Crippen molar-refractivity contribution in [2.24, 2.45) is 5.92 Å². The Balaban J connectivity index is 1.86. The van der Waals surface area contributed by atoms with E-state index in [9.17, 15) is 4.79 Å². The zero-order valence-corrected chi connectivity index (χ0v) is 11.8. The zero-order chi connectivity index (χ0) is 14.4. The van der Waals surface area contributed by atoms with E-state index in [-0.39, 0.29) is 6.03 Å². The second-order valence-corrected chi connectivity index (χ2v) is 4.63. The lowest BCUT2D eigenvalue weighted by Crippen LogP contribution is -2.33. The third kappa shape index (κ3) is 3.77. The molecule has 2 amide bonds. The van der Waals surface area contributed by atoms with E-state index in [1.807, 2.05) is 0 Å². The SMILES string of the molecule is COc1ccc(NC(=O)NC[C@H]2CCOC2)cc1OC. The number of methoxy groups -OCH3 is 2. The van der Waals surface area contributed by atoms with Crippen molar-refractivity contribution < 1.29 is 19.0 Å². The Morgan fingerprint density at radius 1 is 1.35 bits per heavy atom. The maximum absolute atomic E-state index is 11.8. The van der Waals surface area contributed by atoms with Gasteiger partial charge >= 0.3 is 6.03 Å². The van der Waals surface area contributed by atoms with Crippen molar-refractivity contribution >= 4 is 11.7 Å². The van der Waals surface area contributed by atoms with Crippen LogP contribution in [-0.4, -0.2) is 40.0 Å². The summed E-state index contributed by atoms with van der Waals surface area (Å²) in [5.74, 6) is 1.61. The van der Waals surface area contributed by atoms with E-state index < -0.39 is 0 Å². The van der Waals surface area contributed by atoms with Crippen LogP contribution in [0.3, 0.4) is 0 Å². The summed E-state index contributed by atoms with van der Waals surface area (Å²) in [6.07, 6.45) is 0.997. The predicted octanol–water partition coefficient (Wildman–Crippen LogP) is 1.86. The van der Waals surface area contributed by atoms with Gasteiger partial charge in [-0.15, -0.1) is 0 Å². The highest BCUT2D eigenvalue weighted by Gasteiger charge is 2.16. The molecule has 2 N–H and O–H groups in total. The average Bonchev–Trinajstić information content (AvgIpc) is 2.98. The Hall–Kier alpha value is -1.95. The van der Waals surface area contributed by atoms with Gasteiger partial charge in [-0.05, 0) is 18.6 Å². The number of ether oxygens (including phenoxy) is 3. The largest absolute Gasteiger partial charge is 0.493 e. The van der Waals surface area contributed by atoms with Crippen LogP contribution in [-0.2, 0) is 4.74 Å². The van der Waals surface area contributed by atoms with Crippen LogP contribution in [0.5, 0.6) is 11.5 Å². The van der Waals surface area contributed by atoms with E-state index in [1.54, 1.807) is 32.4 Å². The lowest BCUT2D eigenvalue weighted by Gasteiger charge is -2.12. The van der Waals surface area contributed by atoms with Crippen molar-refractivity contribution in [2.45, 2.75) is 6.42 Å². The average molecular weight is 280 g/mol. The standard InChI is InChI=1S/C14H20N2O4/c1-18-12-4-3-11(7-13(12)19-2)16-14(17)15-8-10-5-6-20-9-10/h3-4,7,10H,5-6,8-9H2,1-2H3,(H2,15,16,17)/t10-/m1/s1. The Morgan fingerprint density at radius 3 is 2.80 bits per heavy atom. The van der Waals surface area contributed by atoms with Crippen molar-refractivity contribution in [3.05, 3.63) is 18.2 Å². The number of nitrogens with one attached hydrogen (secondary N) is 2. The van der Waals surface area contributed by atoms with Gasteiger partial charge in [0, 0.05) is 30.8 Å². The van der Waals surface area contributed by atoms with Crippen LogP contribution in [0.25, 0.3) is 0 Å². The Kier molecular flexibility index (Phi) is 5.06. The quantitative estimate of drug-likeness (QED) is 0.864. The molecular formula is C14H20N2O4. The summed E-state index contributed by atoms with van der Waals surface area (Å²) in [6, 6.07) is 5.00. The molecule has 0 aromatic heterocycles. The van der Waals surface area contributed by atoms with Crippen LogP contribution in [0.4, 0.5) is 10.5 Å². The lowest BCUT2D eigenvalue weighted by atomic mass is 10.1. The van der Waals surface area contributed by atoms with Gasteiger partial charge in [0.25, 0.3) is 0 Å². The normalized spacial score (nSPS) is 17.6. The summed E-state index contributed by atoms with van der Waals surface area (Å²) in [6.45, 7) is 2.12. The molecule has 1 aromatic rings. The molecule has 2 rings (SSSR count). The molecular weight excluding hydrogens is 260 g/mol. The molecule has 1 heterocycles. The lowest BCUT2D eigenvalue weighted by molar-refractivity contribution is 0.185. The summed E-state index contributed by atoms with van der Waals surface area (Å²) >= 11 is 0. The van der Waals surface area contributed by atoms with E-state index >= 15 is 0 Å². The summed E-state index contributed by atoms with van der Waals surface area (Å²) in [5, 5.41) is 5.60. The minimum atomic E-state index is -0.232. The molecule has 20 heavy (non-hydrogen) atoms. The Bertz CT molecular complexity index is 458. The first kappa shape index (κ1) is 14.5. The van der Waals surface area contributed by atoms with Crippen molar-refractivity contribution in [2.75, 3.05) is 39.3 Å². The van der Waals surface area contributed by atoms with Crippen molar-refractivity contribution in [3.63, 3.8) is 0 Å². The molecule has 1 aliphatic heterocycles. The van der Waals surface area contributed by atoms with Gasteiger partial charge in [0.15, 0.2) is 11.5 Å². The Labute approximate surface area is 118 Å². The molecule has 6 nitrogen and oxygen atoms in total. The monoisotopic (exact) mass is 280 g/mol. The number of amides is 2. The molecule has 0 aliphatic carbocycles. The van der Waals surface area contributed by atoms with Crippen molar-refractivity contribution in [1.82, 2.24) is 5.32 Å². The number of carbonyl (C=O) groups is 1. The van der Waals surface area contributed by atoms with E-state index in [2.05, 4.69) is 10.6 Å². The number of rotatable bonds is 5. The molecule has 110 valence electrons. The molecule has 0 saturated carbocycles. The number of hydrogen-bond donors (Lipinski definition) is 2. The Morgan fingerprint density at radius 2 is 2.15 bits per heavy atom. The third-order valence-corrected chi connectivity index (χ3v) is 3.22. The van der Waals surface area contributed by atoms with E-state index in [0.29, 0.717) is 29.6 Å². The number of hydrogen-bond acceptors (Lipinski definition) is 4. The molecule has 1 aromatic carbocycles. The highest BCUT2D eigenvalue weighted by atomic mass is 16.5. The van der Waals surface area contributed by atoms with Crippen molar-refractivity contribution in [3.8, 4) is 11.5 Å². The van der Waals surface area contributed by atoms with Gasteiger partial charge in [0.05, 0.1) is 20.8 Å². The van der Waals surface area contributed by atoms with Gasteiger partial charge in [-0.25, -0.2) is 4.79 Å². The number of anilines is 1. The molecule has 0 unspecified atom stereocenters. The minimum absolute atomic E-state index is 0.232. The van der Waals surface area contributed by atoms with Gasteiger partial charge in [-0.1, -0.05) is 0 Å². The van der Waals surface area contributed by atoms with Crippen LogP contribution in [0.1, 0.15) is 6.42 Å². The maximum atomic E-state index is 11.8. The fourth-order valence-electron chi connectivity index (χ4n) is 2.07.